The molecule has 4 rings (SSSR count). The number of hydrogen-bond acceptors (Lipinski definition) is 2. The van der Waals surface area contributed by atoms with Gasteiger partial charge in [0.1, 0.15) is 5.82 Å². The van der Waals surface area contributed by atoms with Crippen LogP contribution in [0.5, 0.6) is 0 Å². The predicted octanol–water partition coefficient (Wildman–Crippen LogP) is 6.81. The van der Waals surface area contributed by atoms with Crippen molar-refractivity contribution in [1.29, 1.82) is 0 Å². The van der Waals surface area contributed by atoms with Crippen molar-refractivity contribution >= 4 is 26.6 Å². The van der Waals surface area contributed by atoms with E-state index in [-0.39, 0.29) is 22.3 Å². The minimum atomic E-state index is -4.64. The zero-order valence-corrected chi connectivity index (χ0v) is 20.2. The fourth-order valence-electron chi connectivity index (χ4n) is 4.09. The Bertz CT molecular complexity index is 1390. The molecule has 1 aliphatic carbocycles. The molecule has 1 aliphatic rings. The number of rotatable bonds is 5. The molecular formula is C25H26F4N2O2S. The summed E-state index contributed by atoms with van der Waals surface area (Å²) in [6, 6.07) is 7.47. The zero-order valence-electron chi connectivity index (χ0n) is 19.4. The van der Waals surface area contributed by atoms with Crippen molar-refractivity contribution in [3.05, 3.63) is 59.5 Å². The van der Waals surface area contributed by atoms with Crippen LogP contribution in [0.4, 0.5) is 17.6 Å². The van der Waals surface area contributed by atoms with Crippen LogP contribution >= 0.6 is 0 Å². The highest BCUT2D eigenvalue weighted by Crippen LogP contribution is 2.40. The number of hydrogen-bond donors (Lipinski definition) is 0. The first-order chi connectivity index (χ1) is 15.7. The van der Waals surface area contributed by atoms with Crippen LogP contribution in [0.2, 0.25) is 0 Å². The summed E-state index contributed by atoms with van der Waals surface area (Å²) in [4.78, 5) is 0. The summed E-state index contributed by atoms with van der Waals surface area (Å²) < 4.78 is 86.8. The van der Waals surface area contributed by atoms with Crippen molar-refractivity contribution < 1.29 is 26.0 Å². The van der Waals surface area contributed by atoms with E-state index < -0.39 is 32.8 Å². The van der Waals surface area contributed by atoms with Crippen molar-refractivity contribution in [1.82, 2.24) is 4.57 Å². The van der Waals surface area contributed by atoms with Crippen LogP contribution < -0.4 is 0 Å². The van der Waals surface area contributed by atoms with Crippen LogP contribution in [0.25, 0.3) is 22.0 Å². The summed E-state index contributed by atoms with van der Waals surface area (Å²) in [6.07, 6.45) is -1.80. The van der Waals surface area contributed by atoms with Crippen molar-refractivity contribution in [2.24, 2.45) is 9.81 Å². The second-order valence-electron chi connectivity index (χ2n) is 10.0. The number of benzene rings is 2. The average Bonchev–Trinajstić information content (AvgIpc) is 3.51. The number of nitrogens with zero attached hydrogens (tertiary/aromatic N) is 2. The van der Waals surface area contributed by atoms with Crippen molar-refractivity contribution in [3.8, 4) is 11.1 Å². The zero-order chi connectivity index (χ0) is 25.1. The topological polar surface area (TPSA) is 51.4 Å². The highest BCUT2D eigenvalue weighted by Gasteiger charge is 2.36. The van der Waals surface area contributed by atoms with Gasteiger partial charge >= 0.3 is 6.18 Å². The summed E-state index contributed by atoms with van der Waals surface area (Å²) in [5.41, 5.74) is -0.355. The van der Waals surface area contributed by atoms with Crippen molar-refractivity contribution in [2.75, 3.05) is 0 Å². The van der Waals surface area contributed by atoms with Gasteiger partial charge in [0.2, 0.25) is 0 Å². The third kappa shape index (κ3) is 4.89. The molecule has 9 heteroatoms. The first-order valence-electron chi connectivity index (χ1n) is 11.0. The van der Waals surface area contributed by atoms with Gasteiger partial charge in [0.05, 0.1) is 16.5 Å². The molecule has 0 amide bonds. The third-order valence-corrected chi connectivity index (χ3v) is 7.58. The monoisotopic (exact) mass is 494 g/mol. The number of fused-ring (bicyclic) bond motifs is 1. The van der Waals surface area contributed by atoms with E-state index >= 15 is 4.39 Å². The van der Waals surface area contributed by atoms with Crippen molar-refractivity contribution in [3.63, 3.8) is 0 Å². The number of aromatic nitrogens is 1. The van der Waals surface area contributed by atoms with Crippen LogP contribution in [0.15, 0.2) is 47.0 Å². The van der Waals surface area contributed by atoms with Crippen LogP contribution in [0.3, 0.4) is 0 Å². The quantitative estimate of drug-likeness (QED) is 0.289. The number of sulfonamides is 1. The SMILES string of the molecule is C/C(=N\S(=O)(=O)C1CC1)c1cn(CC(C)(C)C)c2cc(-c3ccccc3C(F)(F)F)c(F)cc12. The van der Waals surface area contributed by atoms with E-state index in [0.717, 1.165) is 6.07 Å². The van der Waals surface area contributed by atoms with Crippen molar-refractivity contribution in [2.45, 2.75) is 58.5 Å². The minimum Gasteiger partial charge on any atom is -0.346 e. The molecular weight excluding hydrogens is 468 g/mol. The van der Waals surface area contributed by atoms with Gasteiger partial charge in [-0.15, -0.1) is 0 Å². The van der Waals surface area contributed by atoms with Gasteiger partial charge < -0.3 is 4.57 Å². The van der Waals surface area contributed by atoms with Crippen LogP contribution in [0, 0.1) is 11.2 Å². The summed E-state index contributed by atoms with van der Waals surface area (Å²) in [5.74, 6) is -0.822. The highest BCUT2D eigenvalue weighted by molar-refractivity contribution is 7.91. The Hall–Kier alpha value is -2.68. The fraction of sp³-hybridized carbons (Fsp3) is 0.400. The van der Waals surface area contributed by atoms with E-state index in [1.807, 2.05) is 25.3 Å². The largest absolute Gasteiger partial charge is 0.417 e. The van der Waals surface area contributed by atoms with Crippen LogP contribution in [-0.2, 0) is 22.7 Å². The molecule has 0 radical (unpaired) electrons. The number of alkyl halides is 3. The molecule has 0 aliphatic heterocycles. The molecule has 0 bridgehead atoms. The Morgan fingerprint density at radius 2 is 1.74 bits per heavy atom. The van der Waals surface area contributed by atoms with Gasteiger partial charge in [-0.05, 0) is 48.9 Å². The Morgan fingerprint density at radius 3 is 2.32 bits per heavy atom. The molecule has 1 saturated carbocycles. The molecule has 34 heavy (non-hydrogen) atoms. The molecule has 1 fully saturated rings. The molecule has 2 aromatic carbocycles. The van der Waals surface area contributed by atoms with Crippen LogP contribution in [-0.4, -0.2) is 23.9 Å². The Labute approximate surface area is 196 Å². The van der Waals surface area contributed by atoms with Gasteiger partial charge in [-0.1, -0.05) is 39.0 Å². The predicted molar refractivity (Wildman–Crippen MR) is 126 cm³/mol. The maximum absolute atomic E-state index is 15.3. The van der Waals surface area contributed by atoms with Gasteiger partial charge in [0, 0.05) is 34.8 Å². The Balaban J connectivity index is 1.95. The van der Waals surface area contributed by atoms with Gasteiger partial charge in [-0.2, -0.15) is 17.6 Å². The fourth-order valence-corrected chi connectivity index (χ4v) is 5.45. The molecule has 0 N–H and O–H groups in total. The lowest BCUT2D eigenvalue weighted by molar-refractivity contribution is -0.137. The molecule has 0 spiro atoms. The van der Waals surface area contributed by atoms with Gasteiger partial charge in [0.25, 0.3) is 10.0 Å². The molecule has 0 unspecified atom stereocenters. The first kappa shape index (κ1) is 24.4. The first-order valence-corrected chi connectivity index (χ1v) is 12.5. The van der Waals surface area contributed by atoms with E-state index in [1.165, 1.54) is 30.3 Å². The third-order valence-electron chi connectivity index (χ3n) is 5.74. The lowest BCUT2D eigenvalue weighted by Crippen LogP contribution is -2.14. The van der Waals surface area contributed by atoms with E-state index in [1.54, 1.807) is 13.1 Å². The Kier molecular flexibility index (Phi) is 5.91. The maximum Gasteiger partial charge on any atom is 0.417 e. The molecule has 0 atom stereocenters. The lowest BCUT2D eigenvalue weighted by Gasteiger charge is -2.20. The molecule has 0 saturated heterocycles. The second-order valence-corrected chi connectivity index (χ2v) is 11.9. The molecule has 3 aromatic rings. The smallest absolute Gasteiger partial charge is 0.346 e. The standard InChI is InChI=1S/C25H26F4N2O2S/c1-15(30-34(32,33)16-9-10-16)20-13-31(14-24(2,3)4)23-12-18(22(26)11-19(20)23)17-7-5-6-8-21(17)25(27,28)29/h5-8,11-13,16H,9-10,14H2,1-4H3/b30-15+. The Morgan fingerprint density at radius 1 is 1.09 bits per heavy atom. The molecule has 1 heterocycles. The van der Waals surface area contributed by atoms with Gasteiger partial charge in [0.15, 0.2) is 0 Å². The normalized spacial score (nSPS) is 15.8. The lowest BCUT2D eigenvalue weighted by atomic mass is 9.96. The summed E-state index contributed by atoms with van der Waals surface area (Å²) >= 11 is 0. The average molecular weight is 495 g/mol. The molecule has 182 valence electrons. The highest BCUT2D eigenvalue weighted by atomic mass is 32.2. The van der Waals surface area contributed by atoms with Gasteiger partial charge in [-0.3, -0.25) is 0 Å². The summed E-state index contributed by atoms with van der Waals surface area (Å²) in [7, 11) is -3.65. The van der Waals surface area contributed by atoms with Crippen LogP contribution in [0.1, 0.15) is 51.7 Å². The summed E-state index contributed by atoms with van der Waals surface area (Å²) in [5, 5.41) is -0.0742. The maximum atomic E-state index is 15.3. The van der Waals surface area contributed by atoms with E-state index in [0.29, 0.717) is 35.9 Å². The molecule has 1 aromatic heterocycles. The van der Waals surface area contributed by atoms with Gasteiger partial charge in [-0.25, -0.2) is 12.8 Å². The summed E-state index contributed by atoms with van der Waals surface area (Å²) in [6.45, 7) is 8.04. The molecule has 4 nitrogen and oxygen atoms in total. The minimum absolute atomic E-state index is 0.166. The second kappa shape index (κ2) is 8.22. The van der Waals surface area contributed by atoms with E-state index in [9.17, 15) is 21.6 Å². The number of halogens is 4. The van der Waals surface area contributed by atoms with E-state index in [4.69, 9.17) is 0 Å². The van der Waals surface area contributed by atoms with E-state index in [2.05, 4.69) is 4.40 Å².